The maximum Gasteiger partial charge on any atom is 0.320 e. The molecule has 2 aromatic carbocycles. The SMILES string of the molecule is O=C(O)CCOCCc1ccc(-c2ccc(Nc3nnc(C4CC4)o3)cc2)cc1. The molecule has 1 aromatic heterocycles. The minimum Gasteiger partial charge on any atom is -0.481 e. The lowest BCUT2D eigenvalue weighted by Gasteiger charge is -2.07. The summed E-state index contributed by atoms with van der Waals surface area (Å²) in [5, 5.41) is 19.8. The van der Waals surface area contributed by atoms with Crippen LogP contribution in [0.15, 0.2) is 52.9 Å². The highest BCUT2D eigenvalue weighted by Crippen LogP contribution is 2.39. The van der Waals surface area contributed by atoms with E-state index in [9.17, 15) is 4.79 Å². The molecule has 2 N–H and O–H groups in total. The second-order valence-electron chi connectivity index (χ2n) is 7.13. The molecule has 4 rings (SSSR count). The van der Waals surface area contributed by atoms with Crippen molar-refractivity contribution in [1.29, 1.82) is 0 Å². The Balaban J connectivity index is 1.29. The van der Waals surface area contributed by atoms with Crippen molar-refractivity contribution in [2.45, 2.75) is 31.6 Å². The molecule has 1 aliphatic carbocycles. The summed E-state index contributed by atoms with van der Waals surface area (Å²) in [7, 11) is 0. The zero-order valence-electron chi connectivity index (χ0n) is 16.0. The third-order valence-electron chi connectivity index (χ3n) is 4.79. The summed E-state index contributed by atoms with van der Waals surface area (Å²) in [6.45, 7) is 0.768. The third-order valence-corrected chi connectivity index (χ3v) is 4.79. The van der Waals surface area contributed by atoms with Gasteiger partial charge < -0.3 is 19.6 Å². The van der Waals surface area contributed by atoms with Crippen molar-refractivity contribution in [3.63, 3.8) is 0 Å². The molecule has 0 bridgehead atoms. The molecular formula is C22H23N3O4. The van der Waals surface area contributed by atoms with E-state index in [0.29, 0.717) is 18.5 Å². The van der Waals surface area contributed by atoms with E-state index in [1.807, 2.05) is 24.3 Å². The van der Waals surface area contributed by atoms with E-state index in [1.165, 1.54) is 0 Å². The first-order chi connectivity index (χ1) is 14.2. The van der Waals surface area contributed by atoms with E-state index in [0.717, 1.165) is 47.5 Å². The van der Waals surface area contributed by atoms with Crippen LogP contribution in [0.25, 0.3) is 11.1 Å². The predicted octanol–water partition coefficient (Wildman–Crippen LogP) is 4.39. The van der Waals surface area contributed by atoms with Crippen LogP contribution in [0.1, 0.15) is 36.6 Å². The second-order valence-corrected chi connectivity index (χ2v) is 7.13. The van der Waals surface area contributed by atoms with Crippen LogP contribution in [0.5, 0.6) is 0 Å². The molecule has 0 unspecified atom stereocenters. The summed E-state index contributed by atoms with van der Waals surface area (Å²) >= 11 is 0. The first kappa shape index (κ1) is 19.1. The number of carboxylic acid groups (broad SMARTS) is 1. The molecule has 150 valence electrons. The maximum absolute atomic E-state index is 10.5. The van der Waals surface area contributed by atoms with Gasteiger partial charge in [-0.15, -0.1) is 5.10 Å². The topological polar surface area (TPSA) is 97.5 Å². The van der Waals surface area contributed by atoms with Crippen LogP contribution in [0.4, 0.5) is 11.7 Å². The van der Waals surface area contributed by atoms with Crippen molar-refractivity contribution in [2.75, 3.05) is 18.5 Å². The number of nitrogens with one attached hydrogen (secondary N) is 1. The van der Waals surface area contributed by atoms with Gasteiger partial charge in [-0.1, -0.05) is 41.5 Å². The van der Waals surface area contributed by atoms with Gasteiger partial charge >= 0.3 is 12.0 Å². The zero-order valence-corrected chi connectivity index (χ0v) is 16.0. The zero-order chi connectivity index (χ0) is 20.1. The van der Waals surface area contributed by atoms with E-state index in [1.54, 1.807) is 0 Å². The van der Waals surface area contributed by atoms with Gasteiger partial charge in [0.2, 0.25) is 5.89 Å². The number of anilines is 2. The minimum absolute atomic E-state index is 0.0397. The van der Waals surface area contributed by atoms with Crippen molar-refractivity contribution in [3.05, 3.63) is 60.0 Å². The Morgan fingerprint density at radius 1 is 1.03 bits per heavy atom. The molecular weight excluding hydrogens is 370 g/mol. The molecule has 0 aliphatic heterocycles. The van der Waals surface area contributed by atoms with Crippen molar-refractivity contribution in [2.24, 2.45) is 0 Å². The third kappa shape index (κ3) is 5.42. The lowest BCUT2D eigenvalue weighted by molar-refractivity contribution is -0.138. The number of ether oxygens (including phenoxy) is 1. The molecule has 1 heterocycles. The molecule has 0 saturated heterocycles. The highest BCUT2D eigenvalue weighted by atomic mass is 16.5. The van der Waals surface area contributed by atoms with Crippen LogP contribution < -0.4 is 5.32 Å². The lowest BCUT2D eigenvalue weighted by Crippen LogP contribution is -2.05. The Labute approximate surface area is 168 Å². The Morgan fingerprint density at radius 3 is 2.38 bits per heavy atom. The molecule has 0 spiro atoms. The van der Waals surface area contributed by atoms with Crippen molar-refractivity contribution in [3.8, 4) is 11.1 Å². The summed E-state index contributed by atoms with van der Waals surface area (Å²) in [5.41, 5.74) is 4.30. The summed E-state index contributed by atoms with van der Waals surface area (Å²) in [6, 6.07) is 16.8. The highest BCUT2D eigenvalue weighted by molar-refractivity contribution is 5.67. The standard InChI is InChI=1S/C22H23N3O4/c26-20(27)12-14-28-13-11-15-1-3-16(4-2-15)17-7-9-19(10-8-17)23-22-25-24-21(29-22)18-5-6-18/h1-4,7-10,18H,5-6,11-14H2,(H,23,25)(H,26,27). The van der Waals surface area contributed by atoms with E-state index in [4.69, 9.17) is 14.3 Å². The van der Waals surface area contributed by atoms with E-state index in [2.05, 4.69) is 39.8 Å². The number of aromatic nitrogens is 2. The van der Waals surface area contributed by atoms with Crippen LogP contribution >= 0.6 is 0 Å². The number of benzene rings is 2. The summed E-state index contributed by atoms with van der Waals surface area (Å²) in [5.74, 6) is 0.326. The number of hydrogen-bond acceptors (Lipinski definition) is 6. The van der Waals surface area contributed by atoms with Gasteiger partial charge in [0.15, 0.2) is 0 Å². The van der Waals surface area contributed by atoms with Gasteiger partial charge in [0.1, 0.15) is 0 Å². The van der Waals surface area contributed by atoms with Crippen LogP contribution in [0.2, 0.25) is 0 Å². The average Bonchev–Trinajstić information content (AvgIpc) is 3.48. The predicted molar refractivity (Wildman–Crippen MR) is 108 cm³/mol. The Morgan fingerprint density at radius 2 is 1.72 bits per heavy atom. The molecule has 29 heavy (non-hydrogen) atoms. The first-order valence-electron chi connectivity index (χ1n) is 9.77. The lowest BCUT2D eigenvalue weighted by atomic mass is 10.0. The number of carboxylic acids is 1. The normalized spacial score (nSPS) is 13.4. The molecule has 1 fully saturated rings. The monoisotopic (exact) mass is 393 g/mol. The molecule has 0 amide bonds. The second kappa shape index (κ2) is 8.87. The quantitative estimate of drug-likeness (QED) is 0.493. The molecule has 7 heteroatoms. The summed E-state index contributed by atoms with van der Waals surface area (Å²) in [4.78, 5) is 10.5. The van der Waals surface area contributed by atoms with Gasteiger partial charge in [-0.3, -0.25) is 4.79 Å². The molecule has 7 nitrogen and oxygen atoms in total. The van der Waals surface area contributed by atoms with E-state index >= 15 is 0 Å². The Hall–Kier alpha value is -3.19. The fraction of sp³-hybridized carbons (Fsp3) is 0.318. The Bertz CT molecular complexity index is 947. The Kier molecular flexibility index (Phi) is 5.86. The number of aliphatic carboxylic acids is 1. The van der Waals surface area contributed by atoms with Crippen molar-refractivity contribution < 1.29 is 19.1 Å². The number of nitrogens with zero attached hydrogens (tertiary/aromatic N) is 2. The van der Waals surface area contributed by atoms with Crippen molar-refractivity contribution >= 4 is 17.7 Å². The van der Waals surface area contributed by atoms with Gasteiger partial charge in [-0.05, 0) is 48.1 Å². The number of hydrogen-bond donors (Lipinski definition) is 2. The average molecular weight is 393 g/mol. The van der Waals surface area contributed by atoms with Gasteiger partial charge in [-0.2, -0.15) is 0 Å². The minimum atomic E-state index is -0.837. The highest BCUT2D eigenvalue weighted by Gasteiger charge is 2.29. The molecule has 1 saturated carbocycles. The summed E-state index contributed by atoms with van der Waals surface area (Å²) < 4.78 is 11.0. The maximum atomic E-state index is 10.5. The molecule has 0 atom stereocenters. The van der Waals surface area contributed by atoms with Gasteiger partial charge in [0.25, 0.3) is 0 Å². The molecule has 1 aliphatic rings. The van der Waals surface area contributed by atoms with Crippen molar-refractivity contribution in [1.82, 2.24) is 10.2 Å². The number of rotatable bonds is 10. The van der Waals surface area contributed by atoms with Gasteiger partial charge in [0.05, 0.1) is 19.6 Å². The van der Waals surface area contributed by atoms with Crippen LogP contribution in [-0.4, -0.2) is 34.5 Å². The van der Waals surface area contributed by atoms with Crippen LogP contribution in [0.3, 0.4) is 0 Å². The molecule has 3 aromatic rings. The fourth-order valence-electron chi connectivity index (χ4n) is 2.97. The van der Waals surface area contributed by atoms with Crippen LogP contribution in [0, 0.1) is 0 Å². The smallest absolute Gasteiger partial charge is 0.320 e. The largest absolute Gasteiger partial charge is 0.481 e. The number of carbonyl (C=O) groups is 1. The first-order valence-corrected chi connectivity index (χ1v) is 9.77. The van der Waals surface area contributed by atoms with E-state index in [-0.39, 0.29) is 13.0 Å². The van der Waals surface area contributed by atoms with E-state index < -0.39 is 5.97 Å². The summed E-state index contributed by atoms with van der Waals surface area (Å²) in [6.07, 6.45) is 3.06. The molecule has 0 radical (unpaired) electrons. The van der Waals surface area contributed by atoms with Gasteiger partial charge in [-0.25, -0.2) is 0 Å². The van der Waals surface area contributed by atoms with Gasteiger partial charge in [0, 0.05) is 11.6 Å². The fourth-order valence-corrected chi connectivity index (χ4v) is 2.97. The van der Waals surface area contributed by atoms with Crippen LogP contribution in [-0.2, 0) is 16.0 Å².